The molecule has 0 unspecified atom stereocenters. The molecule has 1 N–H and O–H groups in total. The van der Waals surface area contributed by atoms with E-state index in [1.165, 1.54) is 12.1 Å². The summed E-state index contributed by atoms with van der Waals surface area (Å²) >= 11 is 0. The van der Waals surface area contributed by atoms with Gasteiger partial charge >= 0.3 is 5.97 Å². The average molecular weight is 257 g/mol. The number of nitrogens with one attached hydrogen (secondary N) is 1. The molecular weight excluding hydrogens is 242 g/mol. The highest BCUT2D eigenvalue weighted by molar-refractivity contribution is 5.75. The third-order valence-electron chi connectivity index (χ3n) is 2.12. The highest BCUT2D eigenvalue weighted by atomic mass is 16.6. The molecule has 5 heteroatoms. The van der Waals surface area contributed by atoms with Crippen LogP contribution >= 0.6 is 0 Å². The zero-order chi connectivity index (χ0) is 14.5. The van der Waals surface area contributed by atoms with Gasteiger partial charge in [-0.3, -0.25) is 4.79 Å². The summed E-state index contributed by atoms with van der Waals surface area (Å²) in [7, 11) is 0. The lowest BCUT2D eigenvalue weighted by Crippen LogP contribution is -2.28. The molecule has 0 saturated heterocycles. The minimum atomic E-state index is -0.527. The summed E-state index contributed by atoms with van der Waals surface area (Å²) in [5.41, 5.74) is 0.657. The summed E-state index contributed by atoms with van der Waals surface area (Å²) in [6, 6.07) is 8.57. The van der Waals surface area contributed by atoms with Gasteiger partial charge in [0.1, 0.15) is 24.3 Å². The number of anilines is 1. The van der Waals surface area contributed by atoms with E-state index in [1.54, 1.807) is 26.8 Å². The lowest BCUT2D eigenvalue weighted by molar-refractivity contribution is -0.152. The second-order valence-electron chi connectivity index (χ2n) is 4.92. The Bertz CT molecular complexity index is 560. The Hall–Kier alpha value is -2.53. The fourth-order valence-electron chi connectivity index (χ4n) is 1.40. The first-order valence-electron chi connectivity index (χ1n) is 5.75. The first kappa shape index (κ1) is 14.5. The summed E-state index contributed by atoms with van der Waals surface area (Å²) in [5, 5.41) is 20.5. The van der Waals surface area contributed by atoms with Crippen LogP contribution in [-0.2, 0) is 9.53 Å². The Kier molecular flexibility index (Phi) is 4.50. The molecule has 1 aromatic carbocycles. The number of hydrogen-bond donors (Lipinski definition) is 1. The number of esters is 1. The third-order valence-corrected chi connectivity index (χ3v) is 2.12. The van der Waals surface area contributed by atoms with Crippen molar-refractivity contribution in [1.29, 1.82) is 10.5 Å². The molecule has 0 spiro atoms. The Balaban J connectivity index is 2.68. The van der Waals surface area contributed by atoms with Crippen molar-refractivity contribution in [3.05, 3.63) is 29.3 Å². The maximum atomic E-state index is 11.5. The van der Waals surface area contributed by atoms with Crippen LogP contribution in [0.1, 0.15) is 31.9 Å². The van der Waals surface area contributed by atoms with E-state index in [0.29, 0.717) is 11.3 Å². The summed E-state index contributed by atoms with van der Waals surface area (Å²) in [6.07, 6.45) is 0. The number of carbonyl (C=O) groups excluding carboxylic acids is 1. The Labute approximate surface area is 112 Å². The van der Waals surface area contributed by atoms with Crippen LogP contribution in [0, 0.1) is 22.7 Å². The molecule has 0 aliphatic rings. The molecule has 0 fully saturated rings. The summed E-state index contributed by atoms with van der Waals surface area (Å²) in [5.74, 6) is -0.379. The molecule has 0 saturated carbocycles. The predicted octanol–water partition coefficient (Wildman–Crippen LogP) is 2.18. The molecule has 1 rings (SSSR count). The van der Waals surface area contributed by atoms with E-state index in [1.807, 2.05) is 12.1 Å². The van der Waals surface area contributed by atoms with Crippen LogP contribution in [0.3, 0.4) is 0 Å². The molecular formula is C14H15N3O2. The second-order valence-corrected chi connectivity index (χ2v) is 4.92. The van der Waals surface area contributed by atoms with Crippen molar-refractivity contribution in [2.75, 3.05) is 11.9 Å². The first-order valence-corrected chi connectivity index (χ1v) is 5.75. The summed E-state index contributed by atoms with van der Waals surface area (Å²) in [6.45, 7) is 5.38. The van der Waals surface area contributed by atoms with Crippen LogP contribution in [0.2, 0.25) is 0 Å². The van der Waals surface area contributed by atoms with Crippen molar-refractivity contribution in [1.82, 2.24) is 0 Å². The van der Waals surface area contributed by atoms with Gasteiger partial charge in [-0.1, -0.05) is 0 Å². The number of ether oxygens (including phenoxy) is 1. The molecule has 0 aliphatic heterocycles. The van der Waals surface area contributed by atoms with Gasteiger partial charge in [0.25, 0.3) is 0 Å². The minimum absolute atomic E-state index is 0.00798. The topological polar surface area (TPSA) is 85.9 Å². The van der Waals surface area contributed by atoms with Gasteiger partial charge in [-0.25, -0.2) is 0 Å². The normalized spacial score (nSPS) is 10.2. The van der Waals surface area contributed by atoms with Gasteiger partial charge < -0.3 is 10.1 Å². The van der Waals surface area contributed by atoms with Crippen molar-refractivity contribution >= 4 is 11.7 Å². The van der Waals surface area contributed by atoms with Crippen molar-refractivity contribution < 1.29 is 9.53 Å². The van der Waals surface area contributed by atoms with Gasteiger partial charge in [0.15, 0.2) is 0 Å². The fourth-order valence-corrected chi connectivity index (χ4v) is 1.40. The molecule has 1 aromatic rings. The molecule has 0 heterocycles. The van der Waals surface area contributed by atoms with Crippen molar-refractivity contribution in [2.45, 2.75) is 26.4 Å². The van der Waals surface area contributed by atoms with Crippen LogP contribution in [-0.4, -0.2) is 18.1 Å². The maximum Gasteiger partial charge on any atom is 0.325 e. The zero-order valence-electron chi connectivity index (χ0n) is 11.2. The number of carbonyl (C=O) groups is 1. The Morgan fingerprint density at radius 3 is 2.42 bits per heavy atom. The number of nitrogens with zero attached hydrogens (tertiary/aromatic N) is 2. The van der Waals surface area contributed by atoms with Gasteiger partial charge in [-0.2, -0.15) is 10.5 Å². The second kappa shape index (κ2) is 5.88. The monoisotopic (exact) mass is 257 g/mol. The van der Waals surface area contributed by atoms with Crippen LogP contribution in [0.15, 0.2) is 18.2 Å². The van der Waals surface area contributed by atoms with Gasteiger partial charge in [0, 0.05) is 5.69 Å². The van der Waals surface area contributed by atoms with Crippen LogP contribution < -0.4 is 5.32 Å². The fraction of sp³-hybridized carbons (Fsp3) is 0.357. The molecule has 5 nitrogen and oxygen atoms in total. The minimum Gasteiger partial charge on any atom is -0.459 e. The standard InChI is InChI=1S/C14H15N3O2/c1-14(2,3)19-13(18)9-17-12-5-4-10(7-15)11(6-12)8-16/h4-6,17H,9H2,1-3H3. The first-order chi connectivity index (χ1) is 8.85. The average Bonchev–Trinajstić information content (AvgIpc) is 2.33. The maximum absolute atomic E-state index is 11.5. The molecule has 19 heavy (non-hydrogen) atoms. The van der Waals surface area contributed by atoms with Gasteiger partial charge in [-0.05, 0) is 39.0 Å². The molecule has 0 aromatic heterocycles. The lowest BCUT2D eigenvalue weighted by atomic mass is 10.1. The van der Waals surface area contributed by atoms with Crippen LogP contribution in [0.5, 0.6) is 0 Å². The lowest BCUT2D eigenvalue weighted by Gasteiger charge is -2.19. The van der Waals surface area contributed by atoms with Gasteiger partial charge in [0.05, 0.1) is 11.1 Å². The van der Waals surface area contributed by atoms with E-state index >= 15 is 0 Å². The number of hydrogen-bond acceptors (Lipinski definition) is 5. The molecule has 0 aliphatic carbocycles. The van der Waals surface area contributed by atoms with Gasteiger partial charge in [0.2, 0.25) is 0 Å². The SMILES string of the molecule is CC(C)(C)OC(=O)CNc1ccc(C#N)c(C#N)c1. The van der Waals surface area contributed by atoms with E-state index in [-0.39, 0.29) is 18.1 Å². The predicted molar refractivity (Wildman–Crippen MR) is 70.2 cm³/mol. The van der Waals surface area contributed by atoms with Crippen molar-refractivity contribution in [3.63, 3.8) is 0 Å². The highest BCUT2D eigenvalue weighted by Gasteiger charge is 2.15. The molecule has 0 amide bonds. The van der Waals surface area contributed by atoms with E-state index in [0.717, 1.165) is 0 Å². The van der Waals surface area contributed by atoms with Crippen molar-refractivity contribution in [2.24, 2.45) is 0 Å². The van der Waals surface area contributed by atoms with E-state index in [9.17, 15) is 4.79 Å². The van der Waals surface area contributed by atoms with Crippen molar-refractivity contribution in [3.8, 4) is 12.1 Å². The third kappa shape index (κ3) is 4.69. The van der Waals surface area contributed by atoms with E-state index < -0.39 is 5.60 Å². The van der Waals surface area contributed by atoms with E-state index in [2.05, 4.69) is 5.32 Å². The zero-order valence-corrected chi connectivity index (χ0v) is 11.2. The number of benzene rings is 1. The van der Waals surface area contributed by atoms with Crippen LogP contribution in [0.25, 0.3) is 0 Å². The molecule has 0 bridgehead atoms. The quantitative estimate of drug-likeness (QED) is 0.839. The molecule has 0 radical (unpaired) electrons. The molecule has 98 valence electrons. The smallest absolute Gasteiger partial charge is 0.325 e. The number of rotatable bonds is 3. The van der Waals surface area contributed by atoms with Gasteiger partial charge in [-0.15, -0.1) is 0 Å². The van der Waals surface area contributed by atoms with E-state index in [4.69, 9.17) is 15.3 Å². The van der Waals surface area contributed by atoms with Crippen LogP contribution in [0.4, 0.5) is 5.69 Å². The summed E-state index contributed by atoms with van der Waals surface area (Å²) in [4.78, 5) is 11.5. The highest BCUT2D eigenvalue weighted by Crippen LogP contribution is 2.14. The Morgan fingerprint density at radius 1 is 1.26 bits per heavy atom. The Morgan fingerprint density at radius 2 is 1.89 bits per heavy atom. The largest absolute Gasteiger partial charge is 0.459 e. The summed E-state index contributed by atoms with van der Waals surface area (Å²) < 4.78 is 5.14. The molecule has 0 atom stereocenters. The number of nitriles is 2.